The summed E-state index contributed by atoms with van der Waals surface area (Å²) in [6.07, 6.45) is -0.160. The monoisotopic (exact) mass is 631 g/mol. The van der Waals surface area contributed by atoms with Crippen LogP contribution < -0.4 is 4.74 Å². The fourth-order valence-corrected chi connectivity index (χ4v) is 7.84. The van der Waals surface area contributed by atoms with Crippen molar-refractivity contribution in [3.8, 4) is 16.9 Å². The Morgan fingerprint density at radius 1 is 0.841 bits per heavy atom. The maximum absolute atomic E-state index is 14.5. The highest BCUT2D eigenvalue weighted by Crippen LogP contribution is 2.46. The number of esters is 1. The Labute approximate surface area is 263 Å². The van der Waals surface area contributed by atoms with Crippen molar-refractivity contribution in [1.82, 2.24) is 4.90 Å². The van der Waals surface area contributed by atoms with Gasteiger partial charge in [-0.25, -0.2) is 13.2 Å². The first-order valence-electron chi connectivity index (χ1n) is 14.2. The van der Waals surface area contributed by atoms with Gasteiger partial charge in [-0.3, -0.25) is 4.79 Å². The van der Waals surface area contributed by atoms with Gasteiger partial charge in [0.25, 0.3) is 5.91 Å². The zero-order valence-electron chi connectivity index (χ0n) is 24.9. The molecule has 1 amide bonds. The lowest BCUT2D eigenvalue weighted by Gasteiger charge is -2.33. The Morgan fingerprint density at radius 3 is 2.09 bits per heavy atom. The molecule has 0 spiro atoms. The zero-order chi connectivity index (χ0) is 31.6. The highest BCUT2D eigenvalue weighted by molar-refractivity contribution is 7.92. The second-order valence-electron chi connectivity index (χ2n) is 11.6. The van der Waals surface area contributed by atoms with Crippen LogP contribution in [0.1, 0.15) is 49.2 Å². The number of carbonyl (C=O) groups is 2. The third-order valence-electron chi connectivity index (χ3n) is 7.60. The van der Waals surface area contributed by atoms with Gasteiger partial charge in [0.05, 0.1) is 23.3 Å². The summed E-state index contributed by atoms with van der Waals surface area (Å²) in [5.74, 6) is -0.508. The van der Waals surface area contributed by atoms with Crippen LogP contribution >= 0.6 is 11.6 Å². The van der Waals surface area contributed by atoms with Gasteiger partial charge in [0.15, 0.2) is 9.84 Å². The van der Waals surface area contributed by atoms with E-state index in [2.05, 4.69) is 0 Å². The number of likely N-dealkylation sites (tertiary alicyclic amines) is 1. The molecule has 0 unspecified atom stereocenters. The predicted molar refractivity (Wildman–Crippen MR) is 170 cm³/mol. The number of nitrogens with zero attached hydrogens (tertiary/aromatic N) is 1. The van der Waals surface area contributed by atoms with E-state index in [1.54, 1.807) is 94.6 Å². The summed E-state index contributed by atoms with van der Waals surface area (Å²) in [5, 5.41) is -0.876. The van der Waals surface area contributed by atoms with Crippen LogP contribution in [-0.2, 0) is 19.4 Å². The molecular formula is C35H34ClNO6S. The van der Waals surface area contributed by atoms with E-state index in [1.807, 2.05) is 24.3 Å². The third-order valence-corrected chi connectivity index (χ3v) is 10.1. The second kappa shape index (κ2) is 12.5. The molecule has 0 saturated carbocycles. The van der Waals surface area contributed by atoms with Crippen molar-refractivity contribution in [3.63, 3.8) is 0 Å². The number of para-hydroxylation sites is 1. The van der Waals surface area contributed by atoms with Crippen LogP contribution in [0.3, 0.4) is 0 Å². The van der Waals surface area contributed by atoms with E-state index in [1.165, 1.54) is 17.0 Å². The summed E-state index contributed by atoms with van der Waals surface area (Å²) in [5.41, 5.74) is 1.54. The largest absolute Gasteiger partial charge is 0.496 e. The number of hydrogen-bond acceptors (Lipinski definition) is 6. The lowest BCUT2D eigenvalue weighted by atomic mass is 10.0. The number of amides is 1. The minimum atomic E-state index is -4.04. The van der Waals surface area contributed by atoms with Crippen molar-refractivity contribution in [2.45, 2.75) is 55.0 Å². The van der Waals surface area contributed by atoms with Gasteiger partial charge in [-0.1, -0.05) is 78.3 Å². The first-order valence-corrected chi connectivity index (χ1v) is 16.2. The molecule has 44 heavy (non-hydrogen) atoms. The molecule has 4 aromatic rings. The summed E-state index contributed by atoms with van der Waals surface area (Å²) in [6, 6.07) is 27.1. The molecule has 5 rings (SSSR count). The second-order valence-corrected chi connectivity index (χ2v) is 14.2. The number of methoxy groups -OCH3 is 1. The first-order chi connectivity index (χ1) is 20.9. The first kappa shape index (κ1) is 31.3. The molecule has 0 bridgehead atoms. The van der Waals surface area contributed by atoms with E-state index in [0.29, 0.717) is 16.3 Å². The van der Waals surface area contributed by atoms with E-state index in [-0.39, 0.29) is 16.9 Å². The fraction of sp³-hybridized carbons (Fsp3) is 0.257. The van der Waals surface area contributed by atoms with E-state index in [0.717, 1.165) is 11.1 Å². The van der Waals surface area contributed by atoms with Crippen LogP contribution in [-0.4, -0.2) is 49.2 Å². The zero-order valence-corrected chi connectivity index (χ0v) is 26.5. The van der Waals surface area contributed by atoms with E-state index < -0.39 is 44.6 Å². The number of benzene rings is 4. The number of rotatable bonds is 7. The van der Waals surface area contributed by atoms with Crippen LogP contribution in [0.15, 0.2) is 108 Å². The number of hydrogen-bond donors (Lipinski definition) is 0. The van der Waals surface area contributed by atoms with Gasteiger partial charge in [-0.2, -0.15) is 0 Å². The quantitative estimate of drug-likeness (QED) is 0.201. The number of sulfone groups is 1. The summed E-state index contributed by atoms with van der Waals surface area (Å²) in [6.45, 7) is 5.19. The molecular weight excluding hydrogens is 598 g/mol. The van der Waals surface area contributed by atoms with Crippen LogP contribution in [0.25, 0.3) is 11.1 Å². The van der Waals surface area contributed by atoms with Gasteiger partial charge in [-0.05, 0) is 74.7 Å². The molecule has 7 nitrogen and oxygen atoms in total. The lowest BCUT2D eigenvalue weighted by molar-refractivity contribution is -0.159. The van der Waals surface area contributed by atoms with Crippen LogP contribution in [0.4, 0.5) is 0 Å². The van der Waals surface area contributed by atoms with Gasteiger partial charge < -0.3 is 14.4 Å². The molecule has 3 atom stereocenters. The normalized spacial score (nSPS) is 18.6. The van der Waals surface area contributed by atoms with E-state index in [4.69, 9.17) is 21.1 Å². The molecule has 4 aromatic carbocycles. The Balaban J connectivity index is 1.64. The van der Waals surface area contributed by atoms with Crippen LogP contribution in [0, 0.1) is 0 Å². The van der Waals surface area contributed by atoms with Crippen LogP contribution in [0.5, 0.6) is 5.75 Å². The Hall–Kier alpha value is -4.14. The maximum Gasteiger partial charge on any atom is 0.329 e. The van der Waals surface area contributed by atoms with E-state index in [9.17, 15) is 18.0 Å². The van der Waals surface area contributed by atoms with Crippen molar-refractivity contribution < 1.29 is 27.5 Å². The standard InChI is InChI=1S/C35H34ClNO6S/c1-35(2,3)43-34(39)29-22-31(44(40,41)25-12-6-5-7-13-25)32(27-15-8-10-16-28(27)36)37(29)33(38)24-20-18-23(19-21-24)26-14-9-11-17-30(26)42-4/h5-21,29,31-32H,22H2,1-4H3/t29-,31-,32-/m0/s1. The molecule has 0 aliphatic carbocycles. The maximum atomic E-state index is 14.5. The molecule has 0 radical (unpaired) electrons. The van der Waals surface area contributed by atoms with Gasteiger partial charge in [-0.15, -0.1) is 0 Å². The molecule has 1 heterocycles. The minimum absolute atomic E-state index is 0.0976. The fourth-order valence-electron chi connectivity index (χ4n) is 5.65. The van der Waals surface area contributed by atoms with Crippen molar-refractivity contribution in [1.29, 1.82) is 0 Å². The summed E-state index contributed by atoms with van der Waals surface area (Å²) < 4.78 is 39.7. The predicted octanol–water partition coefficient (Wildman–Crippen LogP) is 7.16. The molecule has 0 aromatic heterocycles. The van der Waals surface area contributed by atoms with Gasteiger partial charge in [0.1, 0.15) is 17.4 Å². The van der Waals surface area contributed by atoms with Crippen molar-refractivity contribution in [3.05, 3.63) is 119 Å². The van der Waals surface area contributed by atoms with Crippen molar-refractivity contribution >= 4 is 33.3 Å². The number of ether oxygens (including phenoxy) is 2. The summed E-state index contributed by atoms with van der Waals surface area (Å²) in [7, 11) is -2.44. The Bertz CT molecular complexity index is 1770. The number of carbonyl (C=O) groups excluding carboxylic acids is 2. The average molecular weight is 632 g/mol. The van der Waals surface area contributed by atoms with Crippen molar-refractivity contribution in [2.75, 3.05) is 7.11 Å². The molecule has 0 N–H and O–H groups in total. The summed E-state index contributed by atoms with van der Waals surface area (Å²) >= 11 is 6.67. The number of halogens is 1. The highest BCUT2D eigenvalue weighted by atomic mass is 35.5. The average Bonchev–Trinajstić information content (AvgIpc) is 3.42. The Kier molecular flexibility index (Phi) is 8.86. The van der Waals surface area contributed by atoms with Gasteiger partial charge in [0.2, 0.25) is 0 Å². The van der Waals surface area contributed by atoms with Gasteiger partial charge in [0, 0.05) is 16.1 Å². The molecule has 1 aliphatic rings. The topological polar surface area (TPSA) is 90.0 Å². The van der Waals surface area contributed by atoms with Crippen LogP contribution in [0.2, 0.25) is 5.02 Å². The third kappa shape index (κ3) is 6.23. The molecule has 1 fully saturated rings. The minimum Gasteiger partial charge on any atom is -0.496 e. The summed E-state index contributed by atoms with van der Waals surface area (Å²) in [4.78, 5) is 29.6. The lowest BCUT2D eigenvalue weighted by Crippen LogP contribution is -2.45. The smallest absolute Gasteiger partial charge is 0.329 e. The highest BCUT2D eigenvalue weighted by Gasteiger charge is 2.54. The van der Waals surface area contributed by atoms with Crippen molar-refractivity contribution in [2.24, 2.45) is 0 Å². The SMILES string of the molecule is COc1ccccc1-c1ccc(C(=O)N2[C@H](C(=O)OC(C)(C)C)C[C@H](S(=O)(=O)c3ccccc3)[C@@H]2c2ccccc2Cl)cc1. The van der Waals surface area contributed by atoms with Gasteiger partial charge >= 0.3 is 5.97 Å². The molecule has 1 aliphatic heterocycles. The molecule has 9 heteroatoms. The van der Waals surface area contributed by atoms with E-state index >= 15 is 0 Å². The molecule has 1 saturated heterocycles. The Morgan fingerprint density at radius 2 is 1.45 bits per heavy atom. The molecule has 228 valence electrons.